The summed E-state index contributed by atoms with van der Waals surface area (Å²) in [6.07, 6.45) is 1.08. The smallest absolute Gasteiger partial charge is 0.260 e. The van der Waals surface area contributed by atoms with Crippen LogP contribution in [0.5, 0.6) is 0 Å². The van der Waals surface area contributed by atoms with Crippen molar-refractivity contribution in [2.24, 2.45) is 10.5 Å². The van der Waals surface area contributed by atoms with Crippen molar-refractivity contribution in [3.63, 3.8) is 0 Å². The van der Waals surface area contributed by atoms with Gasteiger partial charge >= 0.3 is 0 Å². The Labute approximate surface area is 151 Å². The van der Waals surface area contributed by atoms with Crippen LogP contribution in [0.2, 0.25) is 0 Å². The lowest BCUT2D eigenvalue weighted by atomic mass is 9.91. The van der Waals surface area contributed by atoms with E-state index in [0.717, 1.165) is 21.8 Å². The third-order valence-corrected chi connectivity index (χ3v) is 5.11. The van der Waals surface area contributed by atoms with Crippen molar-refractivity contribution in [1.82, 2.24) is 5.43 Å². The summed E-state index contributed by atoms with van der Waals surface area (Å²) < 4.78 is 25.3. The number of sulfonamides is 1. The van der Waals surface area contributed by atoms with Gasteiger partial charge in [-0.15, -0.1) is 0 Å². The fraction of sp³-hybridized carbons (Fsp3) is 0.556. The van der Waals surface area contributed by atoms with Gasteiger partial charge in [0.05, 0.1) is 11.9 Å². The number of hydrogen-bond donors (Lipinski definition) is 1. The summed E-state index contributed by atoms with van der Waals surface area (Å²) in [4.78, 5) is 12.2. The molecule has 0 saturated heterocycles. The maximum absolute atomic E-state index is 12.2. The fourth-order valence-corrected chi connectivity index (χ4v) is 2.76. The second-order valence-corrected chi connectivity index (χ2v) is 9.40. The molecule has 0 spiro atoms. The molecule has 0 saturated carbocycles. The Bertz CT molecular complexity index is 730. The lowest BCUT2D eigenvalue weighted by molar-refractivity contribution is -0.119. The minimum absolute atomic E-state index is 0.170. The molecule has 1 rings (SSSR count). The average molecular weight is 368 g/mol. The molecule has 0 bridgehead atoms. The molecule has 0 aromatic heterocycles. The highest BCUT2D eigenvalue weighted by Gasteiger charge is 2.21. The predicted molar refractivity (Wildman–Crippen MR) is 103 cm³/mol. The summed E-state index contributed by atoms with van der Waals surface area (Å²) in [5.74, 6) is -0.138. The lowest BCUT2D eigenvalue weighted by Gasteiger charge is -2.22. The summed E-state index contributed by atoms with van der Waals surface area (Å²) in [6.45, 7) is 11.6. The number of hydrogen-bond acceptors (Lipinski definition) is 4. The van der Waals surface area contributed by atoms with Crippen LogP contribution in [0, 0.1) is 5.41 Å². The highest BCUT2D eigenvalue weighted by Crippen LogP contribution is 2.22. The van der Waals surface area contributed by atoms with Gasteiger partial charge in [-0.2, -0.15) is 5.10 Å². The Hall–Kier alpha value is -1.89. The van der Waals surface area contributed by atoms with Crippen molar-refractivity contribution < 1.29 is 13.2 Å². The normalized spacial score (nSPS) is 13.0. The molecular weight excluding hydrogens is 338 g/mol. The van der Waals surface area contributed by atoms with E-state index in [9.17, 15) is 13.2 Å². The van der Waals surface area contributed by atoms with Gasteiger partial charge in [0.2, 0.25) is 10.0 Å². The van der Waals surface area contributed by atoms with Crippen LogP contribution in [0.15, 0.2) is 29.4 Å². The maximum atomic E-state index is 12.2. The van der Waals surface area contributed by atoms with Crippen molar-refractivity contribution in [3.8, 4) is 0 Å². The average Bonchev–Trinajstić information content (AvgIpc) is 2.48. The molecule has 0 fully saturated rings. The van der Waals surface area contributed by atoms with E-state index < -0.39 is 15.9 Å². The second kappa shape index (κ2) is 7.99. The molecule has 0 radical (unpaired) electrons. The van der Waals surface area contributed by atoms with Crippen LogP contribution < -0.4 is 9.73 Å². The van der Waals surface area contributed by atoms with Gasteiger partial charge in [-0.05, 0) is 30.5 Å². The third kappa shape index (κ3) is 6.49. The Balaban J connectivity index is 2.97. The summed E-state index contributed by atoms with van der Waals surface area (Å²) in [6, 6.07) is 7.18. The Morgan fingerprint density at radius 1 is 1.20 bits per heavy atom. The van der Waals surface area contributed by atoms with E-state index in [-0.39, 0.29) is 12.0 Å². The summed E-state index contributed by atoms with van der Waals surface area (Å²) >= 11 is 0. The first-order valence-electron chi connectivity index (χ1n) is 8.23. The quantitative estimate of drug-likeness (QED) is 0.620. The molecule has 0 unspecified atom stereocenters. The zero-order valence-electron chi connectivity index (χ0n) is 16.1. The first kappa shape index (κ1) is 21.2. The number of nitrogens with zero attached hydrogens (tertiary/aromatic N) is 2. The van der Waals surface area contributed by atoms with E-state index in [2.05, 4.69) is 24.4 Å². The highest BCUT2D eigenvalue weighted by molar-refractivity contribution is 7.92. The number of rotatable bonds is 6. The fourth-order valence-electron chi connectivity index (χ4n) is 1.91. The van der Waals surface area contributed by atoms with Crippen LogP contribution in [0.1, 0.15) is 53.0 Å². The highest BCUT2D eigenvalue weighted by atomic mass is 32.2. The standard InChI is InChI=1S/C18H29N3O3S/c1-13(2)15-8-10-16(11-9-15)21(25(7,23)24)12-17(22)20-19-14(3)18(4,5)6/h8-11,13H,12H2,1-7H3,(H,20,22)/b19-14-. The van der Waals surface area contributed by atoms with Crippen molar-refractivity contribution >= 4 is 27.3 Å². The third-order valence-electron chi connectivity index (χ3n) is 3.97. The van der Waals surface area contributed by atoms with E-state index in [4.69, 9.17) is 0 Å². The van der Waals surface area contributed by atoms with Gasteiger partial charge in [-0.25, -0.2) is 13.8 Å². The SMILES string of the molecule is C/C(=N/NC(=O)CN(c1ccc(C(C)C)cc1)S(C)(=O)=O)C(C)(C)C. The Morgan fingerprint density at radius 3 is 2.12 bits per heavy atom. The number of anilines is 1. The molecule has 0 aliphatic heterocycles. The van der Waals surface area contributed by atoms with E-state index >= 15 is 0 Å². The Morgan fingerprint density at radius 2 is 1.72 bits per heavy atom. The molecular formula is C18H29N3O3S. The Kier molecular flexibility index (Phi) is 6.76. The van der Waals surface area contributed by atoms with Gasteiger partial charge in [-0.1, -0.05) is 46.8 Å². The maximum Gasteiger partial charge on any atom is 0.260 e. The molecule has 1 aromatic rings. The predicted octanol–water partition coefficient (Wildman–Crippen LogP) is 3.11. The van der Waals surface area contributed by atoms with Crippen molar-refractivity contribution in [1.29, 1.82) is 0 Å². The molecule has 0 aliphatic rings. The topological polar surface area (TPSA) is 78.8 Å². The van der Waals surface area contributed by atoms with Crippen LogP contribution in [0.4, 0.5) is 5.69 Å². The molecule has 0 aliphatic carbocycles. The molecule has 1 amide bonds. The van der Waals surface area contributed by atoms with Gasteiger partial charge < -0.3 is 0 Å². The number of carbonyl (C=O) groups excluding carboxylic acids is 1. The minimum atomic E-state index is -3.59. The summed E-state index contributed by atoms with van der Waals surface area (Å²) in [5, 5.41) is 4.06. The van der Waals surface area contributed by atoms with Crippen molar-refractivity contribution in [2.45, 2.75) is 47.5 Å². The molecule has 6 nitrogen and oxygen atoms in total. The lowest BCUT2D eigenvalue weighted by Crippen LogP contribution is -2.39. The first-order chi connectivity index (χ1) is 11.3. The minimum Gasteiger partial charge on any atom is -0.271 e. The van der Waals surface area contributed by atoms with E-state index in [1.54, 1.807) is 12.1 Å². The first-order valence-corrected chi connectivity index (χ1v) is 10.1. The second-order valence-electron chi connectivity index (χ2n) is 7.50. The zero-order chi connectivity index (χ0) is 19.4. The summed E-state index contributed by atoms with van der Waals surface area (Å²) in [5.41, 5.74) is 4.58. The van der Waals surface area contributed by atoms with Crippen molar-refractivity contribution in [3.05, 3.63) is 29.8 Å². The van der Waals surface area contributed by atoms with Gasteiger partial charge in [0.1, 0.15) is 6.54 Å². The molecule has 0 atom stereocenters. The van der Waals surface area contributed by atoms with Crippen molar-refractivity contribution in [2.75, 3.05) is 17.1 Å². The molecule has 25 heavy (non-hydrogen) atoms. The van der Waals surface area contributed by atoms with Crippen LogP contribution in [0.25, 0.3) is 0 Å². The van der Waals surface area contributed by atoms with Crippen LogP contribution in [-0.2, 0) is 14.8 Å². The van der Waals surface area contributed by atoms with Crippen LogP contribution >= 0.6 is 0 Å². The number of benzene rings is 1. The van der Waals surface area contributed by atoms with Crippen LogP contribution in [-0.4, -0.2) is 32.8 Å². The van der Waals surface area contributed by atoms with Crippen LogP contribution in [0.3, 0.4) is 0 Å². The van der Waals surface area contributed by atoms with Gasteiger partial charge in [0.25, 0.3) is 5.91 Å². The molecule has 140 valence electrons. The number of carbonyl (C=O) groups is 1. The van der Waals surface area contributed by atoms with E-state index in [1.165, 1.54) is 0 Å². The molecule has 1 N–H and O–H groups in total. The molecule has 0 heterocycles. The summed E-state index contributed by atoms with van der Waals surface area (Å²) in [7, 11) is -3.59. The molecule has 1 aromatic carbocycles. The van der Waals surface area contributed by atoms with E-state index in [0.29, 0.717) is 11.6 Å². The molecule has 7 heteroatoms. The monoisotopic (exact) mass is 367 g/mol. The van der Waals surface area contributed by atoms with Gasteiger partial charge in [0, 0.05) is 11.1 Å². The largest absolute Gasteiger partial charge is 0.271 e. The number of amides is 1. The van der Waals surface area contributed by atoms with Gasteiger partial charge in [-0.3, -0.25) is 9.10 Å². The number of nitrogens with one attached hydrogen (secondary N) is 1. The van der Waals surface area contributed by atoms with E-state index in [1.807, 2.05) is 39.8 Å². The van der Waals surface area contributed by atoms with Gasteiger partial charge in [0.15, 0.2) is 0 Å². The number of hydrazone groups is 1. The zero-order valence-corrected chi connectivity index (χ0v) is 16.9.